The van der Waals surface area contributed by atoms with Gasteiger partial charge in [0, 0.05) is 13.2 Å². The summed E-state index contributed by atoms with van der Waals surface area (Å²) in [6.45, 7) is 5.18. The van der Waals surface area contributed by atoms with Crippen molar-refractivity contribution in [3.8, 4) is 12.3 Å². The van der Waals surface area contributed by atoms with E-state index in [1.165, 1.54) is 38.8 Å². The molecular formula is C13H21NO. The molecule has 2 heterocycles. The molecule has 0 unspecified atom stereocenters. The fraction of sp³-hybridized carbons (Fsp3) is 0.846. The fourth-order valence-electron chi connectivity index (χ4n) is 2.85. The number of hydrogen-bond donors (Lipinski definition) is 0. The Hall–Kier alpha value is -0.520. The van der Waals surface area contributed by atoms with Crippen LogP contribution < -0.4 is 0 Å². The van der Waals surface area contributed by atoms with Crippen LogP contribution in [-0.4, -0.2) is 37.7 Å². The maximum Gasteiger partial charge on any atom is 0.0598 e. The van der Waals surface area contributed by atoms with Gasteiger partial charge >= 0.3 is 0 Å². The maximum atomic E-state index is 5.56. The van der Waals surface area contributed by atoms with E-state index in [0.717, 1.165) is 31.6 Å². The van der Waals surface area contributed by atoms with E-state index < -0.39 is 0 Å². The minimum atomic E-state index is 0.826. The maximum absolute atomic E-state index is 5.56. The van der Waals surface area contributed by atoms with Crippen molar-refractivity contribution in [3.63, 3.8) is 0 Å². The van der Waals surface area contributed by atoms with Crippen molar-refractivity contribution < 1.29 is 4.74 Å². The Labute approximate surface area is 93.0 Å². The first-order chi connectivity index (χ1) is 7.40. The lowest BCUT2D eigenvalue weighted by molar-refractivity contribution is 0.0151. The van der Waals surface area contributed by atoms with Crippen molar-refractivity contribution in [2.75, 3.05) is 32.8 Å². The van der Waals surface area contributed by atoms with Gasteiger partial charge in [-0.3, -0.25) is 4.90 Å². The van der Waals surface area contributed by atoms with E-state index in [9.17, 15) is 0 Å². The summed E-state index contributed by atoms with van der Waals surface area (Å²) in [6.07, 6.45) is 10.6. The van der Waals surface area contributed by atoms with E-state index in [-0.39, 0.29) is 0 Å². The highest BCUT2D eigenvalue weighted by molar-refractivity contribution is 4.90. The number of nitrogens with zero attached hydrogens (tertiary/aromatic N) is 1. The molecule has 0 aromatic heterocycles. The van der Waals surface area contributed by atoms with Gasteiger partial charge in [0.25, 0.3) is 0 Å². The van der Waals surface area contributed by atoms with E-state index in [4.69, 9.17) is 11.2 Å². The van der Waals surface area contributed by atoms with Crippen molar-refractivity contribution in [3.05, 3.63) is 0 Å². The van der Waals surface area contributed by atoms with Crippen LogP contribution in [0.4, 0.5) is 0 Å². The van der Waals surface area contributed by atoms with Crippen LogP contribution in [0.1, 0.15) is 25.7 Å². The van der Waals surface area contributed by atoms with Gasteiger partial charge in [0.1, 0.15) is 0 Å². The molecule has 0 aromatic rings. The molecule has 0 saturated carbocycles. The topological polar surface area (TPSA) is 12.5 Å². The first-order valence-corrected chi connectivity index (χ1v) is 6.13. The Bertz CT molecular complexity index is 219. The largest absolute Gasteiger partial charge is 0.381 e. The highest BCUT2D eigenvalue weighted by Crippen LogP contribution is 2.30. The monoisotopic (exact) mass is 207 g/mol. The second-order valence-electron chi connectivity index (χ2n) is 4.79. The molecular weight excluding hydrogens is 186 g/mol. The van der Waals surface area contributed by atoms with E-state index >= 15 is 0 Å². The molecule has 2 aliphatic heterocycles. The van der Waals surface area contributed by atoms with Gasteiger partial charge in [-0.25, -0.2) is 0 Å². The van der Waals surface area contributed by atoms with Crippen molar-refractivity contribution in [1.29, 1.82) is 0 Å². The zero-order chi connectivity index (χ0) is 10.5. The van der Waals surface area contributed by atoms with E-state index in [2.05, 4.69) is 10.8 Å². The van der Waals surface area contributed by atoms with Gasteiger partial charge in [0.15, 0.2) is 0 Å². The molecule has 0 radical (unpaired) electrons. The second kappa shape index (κ2) is 5.53. The molecule has 2 rings (SSSR count). The number of rotatable bonds is 2. The molecule has 0 N–H and O–H groups in total. The van der Waals surface area contributed by atoms with Crippen molar-refractivity contribution in [2.45, 2.75) is 25.7 Å². The molecule has 2 saturated heterocycles. The third-order valence-electron chi connectivity index (χ3n) is 3.81. The van der Waals surface area contributed by atoms with Gasteiger partial charge in [-0.05, 0) is 50.6 Å². The summed E-state index contributed by atoms with van der Waals surface area (Å²) >= 11 is 0. The third-order valence-corrected chi connectivity index (χ3v) is 3.81. The number of terminal acetylenes is 1. The quantitative estimate of drug-likeness (QED) is 0.640. The number of hydrogen-bond acceptors (Lipinski definition) is 2. The van der Waals surface area contributed by atoms with Crippen LogP contribution in [0, 0.1) is 24.2 Å². The van der Waals surface area contributed by atoms with Gasteiger partial charge < -0.3 is 4.74 Å². The summed E-state index contributed by atoms with van der Waals surface area (Å²) in [5, 5.41) is 0. The van der Waals surface area contributed by atoms with Crippen molar-refractivity contribution >= 4 is 0 Å². The van der Waals surface area contributed by atoms with Crippen LogP contribution in [0.5, 0.6) is 0 Å². The standard InChI is InChI=1S/C13H21NO/c1-2-7-14-8-5-12(6-9-14)13-4-3-10-15-11-13/h1,12-13H,3-11H2/t13-/m1/s1. The van der Waals surface area contributed by atoms with Crippen molar-refractivity contribution in [2.24, 2.45) is 11.8 Å². The van der Waals surface area contributed by atoms with Gasteiger partial charge in [0.2, 0.25) is 0 Å². The normalized spacial score (nSPS) is 29.9. The molecule has 0 aromatic carbocycles. The number of piperidine rings is 1. The molecule has 1 atom stereocenters. The predicted octanol–water partition coefficient (Wildman–Crippen LogP) is 1.76. The Kier molecular flexibility index (Phi) is 4.05. The molecule has 0 spiro atoms. The Morgan fingerprint density at radius 1 is 1.20 bits per heavy atom. The highest BCUT2D eigenvalue weighted by atomic mass is 16.5. The average molecular weight is 207 g/mol. The second-order valence-corrected chi connectivity index (χ2v) is 4.79. The van der Waals surface area contributed by atoms with Crippen LogP contribution >= 0.6 is 0 Å². The SMILES string of the molecule is C#CCN1CCC([C@@H]2CCCOC2)CC1. The first-order valence-electron chi connectivity index (χ1n) is 6.13. The van der Waals surface area contributed by atoms with Crippen molar-refractivity contribution in [1.82, 2.24) is 4.90 Å². The summed E-state index contributed by atoms with van der Waals surface area (Å²) in [5.74, 6) is 4.45. The van der Waals surface area contributed by atoms with Gasteiger partial charge in [-0.1, -0.05) is 5.92 Å². The smallest absolute Gasteiger partial charge is 0.0598 e. The van der Waals surface area contributed by atoms with Crippen LogP contribution in [0.25, 0.3) is 0 Å². The molecule has 84 valence electrons. The zero-order valence-corrected chi connectivity index (χ0v) is 9.45. The van der Waals surface area contributed by atoms with Crippen LogP contribution in [0.15, 0.2) is 0 Å². The van der Waals surface area contributed by atoms with Crippen LogP contribution in [0.2, 0.25) is 0 Å². The molecule has 2 aliphatic rings. The van der Waals surface area contributed by atoms with Gasteiger partial charge in [-0.15, -0.1) is 6.42 Å². The molecule has 0 aliphatic carbocycles. The Morgan fingerprint density at radius 3 is 2.60 bits per heavy atom. The lowest BCUT2D eigenvalue weighted by Crippen LogP contribution is -2.38. The van der Waals surface area contributed by atoms with E-state index in [0.29, 0.717) is 0 Å². The Balaban J connectivity index is 1.75. The van der Waals surface area contributed by atoms with E-state index in [1.807, 2.05) is 0 Å². The molecule has 0 bridgehead atoms. The summed E-state index contributed by atoms with van der Waals surface area (Å²) in [4.78, 5) is 2.39. The number of ether oxygens (including phenoxy) is 1. The number of likely N-dealkylation sites (tertiary alicyclic amines) is 1. The average Bonchev–Trinajstić information content (AvgIpc) is 2.32. The summed E-state index contributed by atoms with van der Waals surface area (Å²) in [7, 11) is 0. The molecule has 0 amide bonds. The lowest BCUT2D eigenvalue weighted by Gasteiger charge is -2.36. The minimum Gasteiger partial charge on any atom is -0.381 e. The molecule has 2 heteroatoms. The van der Waals surface area contributed by atoms with Gasteiger partial charge in [0.05, 0.1) is 6.54 Å². The lowest BCUT2D eigenvalue weighted by atomic mass is 9.81. The summed E-state index contributed by atoms with van der Waals surface area (Å²) in [6, 6.07) is 0. The summed E-state index contributed by atoms with van der Waals surface area (Å²) in [5.41, 5.74) is 0. The molecule has 2 nitrogen and oxygen atoms in total. The third kappa shape index (κ3) is 2.96. The Morgan fingerprint density at radius 2 is 2.00 bits per heavy atom. The first kappa shape index (κ1) is 11.0. The van der Waals surface area contributed by atoms with E-state index in [1.54, 1.807) is 0 Å². The van der Waals surface area contributed by atoms with Crippen LogP contribution in [-0.2, 0) is 4.74 Å². The molecule has 2 fully saturated rings. The fourth-order valence-corrected chi connectivity index (χ4v) is 2.85. The predicted molar refractivity (Wildman–Crippen MR) is 61.5 cm³/mol. The zero-order valence-electron chi connectivity index (χ0n) is 9.45. The molecule has 15 heavy (non-hydrogen) atoms. The summed E-state index contributed by atoms with van der Waals surface area (Å²) < 4.78 is 5.56. The van der Waals surface area contributed by atoms with Crippen LogP contribution in [0.3, 0.4) is 0 Å². The minimum absolute atomic E-state index is 0.826. The highest BCUT2D eigenvalue weighted by Gasteiger charge is 2.27. The van der Waals surface area contributed by atoms with Gasteiger partial charge in [-0.2, -0.15) is 0 Å².